The summed E-state index contributed by atoms with van der Waals surface area (Å²) in [5.74, 6) is 1.52. The lowest BCUT2D eigenvalue weighted by Crippen LogP contribution is -2.40. The summed E-state index contributed by atoms with van der Waals surface area (Å²) in [6.45, 7) is 4.59. The number of methoxy groups -OCH3 is 1. The molecule has 112 valence electrons. The van der Waals surface area contributed by atoms with Crippen molar-refractivity contribution in [3.8, 4) is 11.5 Å². The Kier molecular flexibility index (Phi) is 4.92. The van der Waals surface area contributed by atoms with E-state index in [0.29, 0.717) is 17.8 Å². The average Bonchev–Trinajstić information content (AvgIpc) is 2.47. The molecule has 1 aliphatic rings. The molecule has 0 saturated heterocycles. The molecule has 0 amide bonds. The van der Waals surface area contributed by atoms with E-state index in [9.17, 15) is 5.11 Å². The molecule has 1 fully saturated rings. The van der Waals surface area contributed by atoms with E-state index in [-0.39, 0.29) is 5.75 Å². The zero-order chi connectivity index (χ0) is 14.7. The maximum Gasteiger partial charge on any atom is 0.160 e. The van der Waals surface area contributed by atoms with Crippen LogP contribution in [0.3, 0.4) is 0 Å². The Labute approximate surface area is 122 Å². The molecule has 3 unspecified atom stereocenters. The van der Waals surface area contributed by atoms with Crippen LogP contribution in [0, 0.1) is 5.92 Å². The smallest absolute Gasteiger partial charge is 0.160 e. The van der Waals surface area contributed by atoms with E-state index in [1.54, 1.807) is 13.2 Å². The minimum atomic E-state index is 0.206. The molecule has 1 aliphatic carbocycles. The number of hydrogen-bond acceptors (Lipinski definition) is 3. The van der Waals surface area contributed by atoms with Gasteiger partial charge < -0.3 is 9.84 Å². The zero-order valence-corrected chi connectivity index (χ0v) is 13.1. The summed E-state index contributed by atoms with van der Waals surface area (Å²) in [4.78, 5) is 2.48. The molecule has 1 N–H and O–H groups in total. The first-order valence-corrected chi connectivity index (χ1v) is 7.63. The molecule has 1 aromatic carbocycles. The van der Waals surface area contributed by atoms with Crippen molar-refractivity contribution in [1.29, 1.82) is 0 Å². The van der Waals surface area contributed by atoms with Crippen LogP contribution in [-0.2, 0) is 0 Å². The summed E-state index contributed by atoms with van der Waals surface area (Å²) in [5.41, 5.74) is 1.19. The van der Waals surface area contributed by atoms with Gasteiger partial charge in [0.1, 0.15) is 0 Å². The third-order valence-electron chi connectivity index (χ3n) is 4.89. The Morgan fingerprint density at radius 2 is 2.00 bits per heavy atom. The first kappa shape index (κ1) is 15.2. The molecule has 0 spiro atoms. The van der Waals surface area contributed by atoms with Gasteiger partial charge in [-0.15, -0.1) is 0 Å². The highest BCUT2D eigenvalue weighted by atomic mass is 16.5. The molecular weight excluding hydrogens is 250 g/mol. The number of rotatable bonds is 4. The molecule has 0 aliphatic heterocycles. The fourth-order valence-electron chi connectivity index (χ4n) is 3.38. The highest BCUT2D eigenvalue weighted by Gasteiger charge is 2.28. The zero-order valence-electron chi connectivity index (χ0n) is 13.1. The van der Waals surface area contributed by atoms with Gasteiger partial charge in [-0.05, 0) is 50.4 Å². The molecule has 1 aromatic rings. The predicted molar refractivity (Wildman–Crippen MR) is 82.3 cm³/mol. The van der Waals surface area contributed by atoms with Gasteiger partial charge in [0.2, 0.25) is 0 Å². The largest absolute Gasteiger partial charge is 0.504 e. The van der Waals surface area contributed by atoms with Crippen LogP contribution in [0.2, 0.25) is 0 Å². The van der Waals surface area contributed by atoms with Crippen LogP contribution >= 0.6 is 0 Å². The van der Waals surface area contributed by atoms with Gasteiger partial charge >= 0.3 is 0 Å². The normalized spacial score (nSPS) is 24.6. The minimum absolute atomic E-state index is 0.206. The maximum absolute atomic E-state index is 9.71. The SMILES string of the molecule is COc1cc(C(C)N(C)C2CCCCC2C)ccc1O. The second kappa shape index (κ2) is 6.49. The van der Waals surface area contributed by atoms with Crippen LogP contribution in [0.15, 0.2) is 18.2 Å². The van der Waals surface area contributed by atoms with E-state index in [0.717, 1.165) is 5.92 Å². The lowest BCUT2D eigenvalue weighted by Gasteiger charge is -2.39. The number of aromatic hydroxyl groups is 1. The summed E-state index contributed by atoms with van der Waals surface area (Å²) in [7, 11) is 3.81. The number of nitrogens with zero attached hydrogens (tertiary/aromatic N) is 1. The predicted octanol–water partition coefficient (Wildman–Crippen LogP) is 3.97. The maximum atomic E-state index is 9.71. The third-order valence-corrected chi connectivity index (χ3v) is 4.89. The first-order chi connectivity index (χ1) is 9.54. The molecule has 3 nitrogen and oxygen atoms in total. The first-order valence-electron chi connectivity index (χ1n) is 7.63. The third kappa shape index (κ3) is 3.09. The molecular formula is C17H27NO2. The van der Waals surface area contributed by atoms with Crippen molar-refractivity contribution in [2.24, 2.45) is 5.92 Å². The molecule has 0 bridgehead atoms. The van der Waals surface area contributed by atoms with Crippen LogP contribution < -0.4 is 4.74 Å². The van der Waals surface area contributed by atoms with Gasteiger partial charge in [0.25, 0.3) is 0 Å². The van der Waals surface area contributed by atoms with Crippen LogP contribution in [0.25, 0.3) is 0 Å². The van der Waals surface area contributed by atoms with E-state index in [1.165, 1.54) is 31.2 Å². The summed E-state index contributed by atoms with van der Waals surface area (Å²) in [6.07, 6.45) is 5.33. The van der Waals surface area contributed by atoms with Crippen molar-refractivity contribution in [3.63, 3.8) is 0 Å². The topological polar surface area (TPSA) is 32.7 Å². The van der Waals surface area contributed by atoms with Gasteiger partial charge in [-0.1, -0.05) is 25.8 Å². The molecule has 20 heavy (non-hydrogen) atoms. The van der Waals surface area contributed by atoms with Crippen LogP contribution in [0.1, 0.15) is 51.1 Å². The van der Waals surface area contributed by atoms with Crippen molar-refractivity contribution in [2.45, 2.75) is 51.6 Å². The monoisotopic (exact) mass is 277 g/mol. The molecule has 1 saturated carbocycles. The number of hydrogen-bond donors (Lipinski definition) is 1. The minimum Gasteiger partial charge on any atom is -0.504 e. The van der Waals surface area contributed by atoms with E-state index in [1.807, 2.05) is 12.1 Å². The molecule has 0 radical (unpaired) electrons. The Bertz CT molecular complexity index is 447. The van der Waals surface area contributed by atoms with Gasteiger partial charge in [0.15, 0.2) is 11.5 Å². The summed E-state index contributed by atoms with van der Waals surface area (Å²) in [5, 5.41) is 9.71. The molecule has 0 heterocycles. The van der Waals surface area contributed by atoms with Crippen molar-refractivity contribution in [3.05, 3.63) is 23.8 Å². The van der Waals surface area contributed by atoms with E-state index < -0.39 is 0 Å². The van der Waals surface area contributed by atoms with Crippen LogP contribution in [0.4, 0.5) is 0 Å². The Morgan fingerprint density at radius 3 is 2.65 bits per heavy atom. The van der Waals surface area contributed by atoms with Crippen molar-refractivity contribution >= 4 is 0 Å². The average molecular weight is 277 g/mol. The number of phenolic OH excluding ortho intramolecular Hbond substituents is 1. The Balaban J connectivity index is 2.15. The summed E-state index contributed by atoms with van der Waals surface area (Å²) >= 11 is 0. The highest BCUT2D eigenvalue weighted by molar-refractivity contribution is 5.42. The Hall–Kier alpha value is -1.22. The molecule has 3 atom stereocenters. The Morgan fingerprint density at radius 1 is 1.30 bits per heavy atom. The number of benzene rings is 1. The van der Waals surface area contributed by atoms with Gasteiger partial charge in [-0.3, -0.25) is 4.90 Å². The van der Waals surface area contributed by atoms with Crippen molar-refractivity contribution < 1.29 is 9.84 Å². The van der Waals surface area contributed by atoms with Crippen molar-refractivity contribution in [1.82, 2.24) is 4.90 Å². The quantitative estimate of drug-likeness (QED) is 0.903. The number of phenols is 1. The van der Waals surface area contributed by atoms with E-state index >= 15 is 0 Å². The fraction of sp³-hybridized carbons (Fsp3) is 0.647. The van der Waals surface area contributed by atoms with Crippen LogP contribution in [-0.4, -0.2) is 30.2 Å². The van der Waals surface area contributed by atoms with E-state index in [2.05, 4.69) is 25.8 Å². The second-order valence-corrected chi connectivity index (χ2v) is 6.10. The summed E-state index contributed by atoms with van der Waals surface area (Å²) in [6, 6.07) is 6.65. The van der Waals surface area contributed by atoms with Gasteiger partial charge in [-0.25, -0.2) is 0 Å². The lowest BCUT2D eigenvalue weighted by atomic mass is 9.84. The second-order valence-electron chi connectivity index (χ2n) is 6.10. The van der Waals surface area contributed by atoms with Crippen LogP contribution in [0.5, 0.6) is 11.5 Å². The summed E-state index contributed by atoms with van der Waals surface area (Å²) < 4.78 is 5.21. The van der Waals surface area contributed by atoms with Gasteiger partial charge in [0.05, 0.1) is 7.11 Å². The molecule has 3 heteroatoms. The van der Waals surface area contributed by atoms with Gasteiger partial charge in [0, 0.05) is 12.1 Å². The fourth-order valence-corrected chi connectivity index (χ4v) is 3.38. The standard InChI is InChI=1S/C17H27NO2/c1-12-7-5-6-8-15(12)18(3)13(2)14-9-10-16(19)17(11-14)20-4/h9-13,15,19H,5-8H2,1-4H3. The van der Waals surface area contributed by atoms with Crippen molar-refractivity contribution in [2.75, 3.05) is 14.2 Å². The number of ether oxygens (including phenoxy) is 1. The molecule has 2 rings (SSSR count). The molecule has 0 aromatic heterocycles. The lowest BCUT2D eigenvalue weighted by molar-refractivity contribution is 0.103. The highest BCUT2D eigenvalue weighted by Crippen LogP contribution is 2.35. The van der Waals surface area contributed by atoms with Gasteiger partial charge in [-0.2, -0.15) is 0 Å². The van der Waals surface area contributed by atoms with E-state index in [4.69, 9.17) is 4.74 Å².